The van der Waals surface area contributed by atoms with Gasteiger partial charge in [-0.3, -0.25) is 5.10 Å². The Hall–Kier alpha value is -1.11. The van der Waals surface area contributed by atoms with E-state index in [4.69, 9.17) is 5.11 Å². The van der Waals surface area contributed by atoms with E-state index >= 15 is 0 Å². The Bertz CT molecular complexity index is 293. The SMILES string of the molecule is OCc1c(C(F)(F)F)n[nH]c1CF. The first-order chi connectivity index (χ1) is 6.00. The molecule has 13 heavy (non-hydrogen) atoms. The van der Waals surface area contributed by atoms with Crippen molar-refractivity contribution in [2.75, 3.05) is 0 Å². The van der Waals surface area contributed by atoms with Crippen LogP contribution in [-0.2, 0) is 19.5 Å². The summed E-state index contributed by atoms with van der Waals surface area (Å²) in [6.45, 7) is -2.00. The molecule has 0 fully saturated rings. The summed E-state index contributed by atoms with van der Waals surface area (Å²) in [5.74, 6) is 0. The minimum atomic E-state index is -4.66. The van der Waals surface area contributed by atoms with Crippen LogP contribution in [0.25, 0.3) is 0 Å². The number of H-pyrrole nitrogens is 1. The van der Waals surface area contributed by atoms with Crippen LogP contribution < -0.4 is 0 Å². The second-order valence-electron chi connectivity index (χ2n) is 2.32. The van der Waals surface area contributed by atoms with Gasteiger partial charge < -0.3 is 5.11 Å². The van der Waals surface area contributed by atoms with E-state index in [9.17, 15) is 17.6 Å². The van der Waals surface area contributed by atoms with E-state index < -0.39 is 30.7 Å². The number of nitrogens with zero attached hydrogens (tertiary/aromatic N) is 1. The molecule has 0 aliphatic carbocycles. The molecule has 1 aromatic rings. The molecule has 0 amide bonds. The molecular weight excluding hydrogens is 192 g/mol. The topological polar surface area (TPSA) is 48.9 Å². The molecule has 74 valence electrons. The van der Waals surface area contributed by atoms with Gasteiger partial charge in [0.15, 0.2) is 5.69 Å². The Balaban J connectivity index is 3.16. The van der Waals surface area contributed by atoms with Crippen molar-refractivity contribution in [2.45, 2.75) is 19.5 Å². The second-order valence-corrected chi connectivity index (χ2v) is 2.32. The van der Waals surface area contributed by atoms with Crippen molar-refractivity contribution in [1.82, 2.24) is 10.2 Å². The van der Waals surface area contributed by atoms with Gasteiger partial charge in [-0.15, -0.1) is 0 Å². The zero-order chi connectivity index (χ0) is 10.1. The van der Waals surface area contributed by atoms with Crippen molar-refractivity contribution < 1.29 is 22.7 Å². The van der Waals surface area contributed by atoms with Gasteiger partial charge in [-0.05, 0) is 0 Å². The maximum atomic E-state index is 12.1. The predicted octanol–water partition coefficient (Wildman–Crippen LogP) is 1.39. The van der Waals surface area contributed by atoms with E-state index in [0.717, 1.165) is 0 Å². The number of rotatable bonds is 2. The molecule has 3 nitrogen and oxygen atoms in total. The molecule has 1 rings (SSSR count). The second kappa shape index (κ2) is 3.33. The standard InChI is InChI=1S/C6H6F4N2O/c7-1-4-3(2-13)5(12-11-4)6(8,9)10/h13H,1-2H2,(H,11,12). The lowest BCUT2D eigenvalue weighted by Gasteiger charge is -2.03. The number of halogens is 4. The van der Waals surface area contributed by atoms with Gasteiger partial charge >= 0.3 is 6.18 Å². The Labute approximate surface area is 70.4 Å². The third kappa shape index (κ3) is 1.80. The molecule has 0 aliphatic heterocycles. The number of nitrogens with one attached hydrogen (secondary N) is 1. The molecule has 1 heterocycles. The van der Waals surface area contributed by atoms with E-state index in [1.165, 1.54) is 0 Å². The van der Waals surface area contributed by atoms with E-state index in [1.54, 1.807) is 0 Å². The highest BCUT2D eigenvalue weighted by atomic mass is 19.4. The van der Waals surface area contributed by atoms with Gasteiger partial charge in [0.1, 0.15) is 6.67 Å². The number of aromatic amines is 1. The summed E-state index contributed by atoms with van der Waals surface area (Å²) in [7, 11) is 0. The fourth-order valence-electron chi connectivity index (χ4n) is 0.917. The summed E-state index contributed by atoms with van der Waals surface area (Å²) in [6, 6.07) is 0. The van der Waals surface area contributed by atoms with Crippen LogP contribution in [0, 0.1) is 0 Å². The van der Waals surface area contributed by atoms with Crippen molar-refractivity contribution >= 4 is 0 Å². The van der Waals surface area contributed by atoms with Crippen LogP contribution >= 0.6 is 0 Å². The number of hydrogen-bond acceptors (Lipinski definition) is 2. The molecule has 2 N–H and O–H groups in total. The molecule has 0 unspecified atom stereocenters. The van der Waals surface area contributed by atoms with Crippen LogP contribution in [0.15, 0.2) is 0 Å². The van der Waals surface area contributed by atoms with Crippen molar-refractivity contribution in [1.29, 1.82) is 0 Å². The van der Waals surface area contributed by atoms with Gasteiger partial charge in [-0.1, -0.05) is 0 Å². The lowest BCUT2D eigenvalue weighted by molar-refractivity contribution is -0.142. The molecule has 0 saturated heterocycles. The summed E-state index contributed by atoms with van der Waals surface area (Å²) in [6.07, 6.45) is -4.66. The van der Waals surface area contributed by atoms with Gasteiger partial charge in [-0.2, -0.15) is 18.3 Å². The molecule has 0 bridgehead atoms. The number of aliphatic hydroxyl groups excluding tert-OH is 1. The highest BCUT2D eigenvalue weighted by molar-refractivity contribution is 5.26. The summed E-state index contributed by atoms with van der Waals surface area (Å²) >= 11 is 0. The van der Waals surface area contributed by atoms with E-state index in [2.05, 4.69) is 5.10 Å². The summed E-state index contributed by atoms with van der Waals surface area (Å²) in [5, 5.41) is 13.3. The number of aliphatic hydroxyl groups is 1. The molecule has 0 aromatic carbocycles. The lowest BCUT2D eigenvalue weighted by Crippen LogP contribution is -2.09. The van der Waals surface area contributed by atoms with Gasteiger partial charge in [-0.25, -0.2) is 4.39 Å². The quantitative estimate of drug-likeness (QED) is 0.705. The van der Waals surface area contributed by atoms with Crippen LogP contribution in [0.4, 0.5) is 17.6 Å². The molecule has 0 radical (unpaired) electrons. The Morgan fingerprint density at radius 2 is 2.00 bits per heavy atom. The largest absolute Gasteiger partial charge is 0.435 e. The zero-order valence-corrected chi connectivity index (χ0v) is 6.32. The fourth-order valence-corrected chi connectivity index (χ4v) is 0.917. The van der Waals surface area contributed by atoms with Crippen LogP contribution in [-0.4, -0.2) is 15.3 Å². The first-order valence-corrected chi connectivity index (χ1v) is 3.30. The van der Waals surface area contributed by atoms with E-state index in [0.29, 0.717) is 0 Å². The predicted molar refractivity (Wildman–Crippen MR) is 34.3 cm³/mol. The Morgan fingerprint density at radius 3 is 2.38 bits per heavy atom. The van der Waals surface area contributed by atoms with E-state index in [-0.39, 0.29) is 5.69 Å². The van der Waals surface area contributed by atoms with Crippen LogP contribution in [0.5, 0.6) is 0 Å². The molecule has 0 aliphatic rings. The van der Waals surface area contributed by atoms with Gasteiger partial charge in [0, 0.05) is 5.56 Å². The smallest absolute Gasteiger partial charge is 0.392 e. The highest BCUT2D eigenvalue weighted by Crippen LogP contribution is 2.31. The van der Waals surface area contributed by atoms with Crippen LogP contribution in [0.2, 0.25) is 0 Å². The average Bonchev–Trinajstić information content (AvgIpc) is 2.45. The number of aromatic nitrogens is 2. The number of hydrogen-bond donors (Lipinski definition) is 2. The minimum Gasteiger partial charge on any atom is -0.392 e. The normalized spacial score (nSPS) is 12.1. The minimum absolute atomic E-state index is 0.338. The van der Waals surface area contributed by atoms with Crippen molar-refractivity contribution in [3.8, 4) is 0 Å². The van der Waals surface area contributed by atoms with Gasteiger partial charge in [0.2, 0.25) is 0 Å². The fraction of sp³-hybridized carbons (Fsp3) is 0.500. The summed E-state index contributed by atoms with van der Waals surface area (Å²) in [5.41, 5.74) is -2.13. The Morgan fingerprint density at radius 1 is 1.38 bits per heavy atom. The third-order valence-corrected chi connectivity index (χ3v) is 1.51. The van der Waals surface area contributed by atoms with Crippen molar-refractivity contribution in [2.24, 2.45) is 0 Å². The van der Waals surface area contributed by atoms with Gasteiger partial charge in [0.25, 0.3) is 0 Å². The van der Waals surface area contributed by atoms with Crippen LogP contribution in [0.3, 0.4) is 0 Å². The molecule has 0 saturated carbocycles. The molecule has 0 atom stereocenters. The Kier molecular flexibility index (Phi) is 2.55. The summed E-state index contributed by atoms with van der Waals surface area (Å²) < 4.78 is 48.2. The van der Waals surface area contributed by atoms with Crippen molar-refractivity contribution in [3.05, 3.63) is 17.0 Å². The highest BCUT2D eigenvalue weighted by Gasteiger charge is 2.37. The maximum absolute atomic E-state index is 12.1. The zero-order valence-electron chi connectivity index (χ0n) is 6.32. The third-order valence-electron chi connectivity index (χ3n) is 1.51. The summed E-state index contributed by atoms with van der Waals surface area (Å²) in [4.78, 5) is 0. The number of alkyl halides is 4. The van der Waals surface area contributed by atoms with E-state index in [1.807, 2.05) is 5.10 Å². The molecule has 7 heteroatoms. The maximum Gasteiger partial charge on any atom is 0.435 e. The van der Waals surface area contributed by atoms with Crippen LogP contribution in [0.1, 0.15) is 17.0 Å². The first kappa shape index (κ1) is 9.97. The molecular formula is C6H6F4N2O. The first-order valence-electron chi connectivity index (χ1n) is 3.30. The van der Waals surface area contributed by atoms with Gasteiger partial charge in [0.05, 0.1) is 12.3 Å². The lowest BCUT2D eigenvalue weighted by atomic mass is 10.2. The average molecular weight is 198 g/mol. The molecule has 0 spiro atoms. The van der Waals surface area contributed by atoms with Crippen molar-refractivity contribution in [3.63, 3.8) is 0 Å². The monoisotopic (exact) mass is 198 g/mol. The molecule has 1 aromatic heterocycles.